The number of fused-ring (bicyclic) bond motifs is 1. The molecule has 2 aliphatic heterocycles. The second kappa shape index (κ2) is 8.82. The molecule has 4 aromatic rings. The van der Waals surface area contributed by atoms with Crippen LogP contribution in [0.4, 0.5) is 17.7 Å². The molecule has 6 rings (SSSR count). The number of nitrogen functional groups attached to an aromatic ring is 1. The van der Waals surface area contributed by atoms with Crippen molar-refractivity contribution in [3.8, 4) is 11.3 Å². The molecule has 11 heteroatoms. The van der Waals surface area contributed by atoms with Crippen LogP contribution in [-0.4, -0.2) is 74.5 Å². The molecule has 11 nitrogen and oxygen atoms in total. The second-order valence-electron chi connectivity index (χ2n) is 8.59. The summed E-state index contributed by atoms with van der Waals surface area (Å²) in [5.74, 6) is 2.22. The van der Waals surface area contributed by atoms with Gasteiger partial charge in [-0.3, -0.25) is 5.10 Å². The minimum Gasteiger partial charge on any atom is -0.378 e. The van der Waals surface area contributed by atoms with Gasteiger partial charge in [-0.2, -0.15) is 10.1 Å². The summed E-state index contributed by atoms with van der Waals surface area (Å²) >= 11 is 0. The molecule has 4 aromatic heterocycles. The normalized spacial score (nSPS) is 17.4. The van der Waals surface area contributed by atoms with Crippen molar-refractivity contribution < 1.29 is 4.74 Å². The van der Waals surface area contributed by atoms with Crippen LogP contribution in [0.5, 0.6) is 0 Å². The van der Waals surface area contributed by atoms with E-state index in [4.69, 9.17) is 20.4 Å². The van der Waals surface area contributed by atoms with E-state index < -0.39 is 0 Å². The molecular formula is C23H26N10O. The molecule has 2 saturated heterocycles. The first-order valence-corrected chi connectivity index (χ1v) is 11.6. The molecule has 0 aliphatic carbocycles. The number of rotatable bonds is 4. The first-order chi connectivity index (χ1) is 16.8. The average Bonchev–Trinajstić information content (AvgIpc) is 3.34. The van der Waals surface area contributed by atoms with Crippen LogP contribution in [0, 0.1) is 0 Å². The summed E-state index contributed by atoms with van der Waals surface area (Å²) in [6, 6.07) is 6.04. The summed E-state index contributed by atoms with van der Waals surface area (Å²) < 4.78 is 5.50. The van der Waals surface area contributed by atoms with Crippen LogP contribution in [0.3, 0.4) is 0 Å². The van der Waals surface area contributed by atoms with Crippen LogP contribution < -0.4 is 15.5 Å². The third-order valence-corrected chi connectivity index (χ3v) is 6.55. The Labute approximate surface area is 196 Å². The van der Waals surface area contributed by atoms with Crippen molar-refractivity contribution in [2.24, 2.45) is 0 Å². The Bertz CT molecular complexity index is 1260. The molecule has 0 radical (unpaired) electrons. The molecule has 0 saturated carbocycles. The number of aromatic nitrogens is 7. The van der Waals surface area contributed by atoms with Crippen molar-refractivity contribution in [2.45, 2.75) is 18.8 Å². The molecular weight excluding hydrogens is 432 g/mol. The Balaban J connectivity index is 1.37. The Hall–Kier alpha value is -3.86. The average molecular weight is 459 g/mol. The van der Waals surface area contributed by atoms with Crippen molar-refractivity contribution in [3.63, 3.8) is 0 Å². The van der Waals surface area contributed by atoms with Gasteiger partial charge >= 0.3 is 0 Å². The number of nitrogens with two attached hydrogens (primary N) is 1. The number of nitrogens with one attached hydrogen (secondary N) is 1. The molecule has 34 heavy (non-hydrogen) atoms. The van der Waals surface area contributed by atoms with Gasteiger partial charge in [0, 0.05) is 56.3 Å². The van der Waals surface area contributed by atoms with Crippen molar-refractivity contribution in [3.05, 3.63) is 42.5 Å². The first kappa shape index (κ1) is 20.7. The lowest BCUT2D eigenvalue weighted by Gasteiger charge is -2.32. The highest BCUT2D eigenvalue weighted by Crippen LogP contribution is 2.37. The number of piperidine rings is 1. The van der Waals surface area contributed by atoms with Gasteiger partial charge in [0.15, 0.2) is 5.65 Å². The van der Waals surface area contributed by atoms with Gasteiger partial charge in [-0.05, 0) is 25.0 Å². The summed E-state index contributed by atoms with van der Waals surface area (Å²) in [4.78, 5) is 27.2. The van der Waals surface area contributed by atoms with Gasteiger partial charge in [0.05, 0.1) is 30.0 Å². The zero-order valence-electron chi connectivity index (χ0n) is 18.8. The van der Waals surface area contributed by atoms with Gasteiger partial charge in [-0.1, -0.05) is 6.07 Å². The third-order valence-electron chi connectivity index (χ3n) is 6.55. The predicted octanol–water partition coefficient (Wildman–Crippen LogP) is 2.01. The standard InChI is InChI=1S/C23H26N10O/c24-22-26-13-16(14-27-22)19-18-20(15-4-7-32(8-5-15)17-3-1-2-6-25-17)30-31-21(18)29-23(28-19)33-9-11-34-12-10-33/h1-3,6,13-15H,4-5,7-12H2,(H2,24,26,27)(H,28,29,30,31). The monoisotopic (exact) mass is 458 g/mol. The molecule has 0 bridgehead atoms. The van der Waals surface area contributed by atoms with Gasteiger partial charge in [0.25, 0.3) is 0 Å². The maximum absolute atomic E-state index is 5.75. The van der Waals surface area contributed by atoms with E-state index in [0.717, 1.165) is 67.2 Å². The fourth-order valence-corrected chi connectivity index (χ4v) is 4.74. The van der Waals surface area contributed by atoms with Crippen LogP contribution in [0.2, 0.25) is 0 Å². The number of nitrogens with zero attached hydrogens (tertiary/aromatic N) is 8. The number of ether oxygens (including phenoxy) is 1. The highest BCUT2D eigenvalue weighted by Gasteiger charge is 2.28. The number of anilines is 3. The second-order valence-corrected chi connectivity index (χ2v) is 8.59. The summed E-state index contributed by atoms with van der Waals surface area (Å²) in [7, 11) is 0. The van der Waals surface area contributed by atoms with E-state index in [9.17, 15) is 0 Å². The van der Waals surface area contributed by atoms with Gasteiger partial charge in [-0.15, -0.1) is 0 Å². The highest BCUT2D eigenvalue weighted by atomic mass is 16.5. The number of morpholine rings is 1. The maximum Gasteiger partial charge on any atom is 0.228 e. The van der Waals surface area contributed by atoms with Crippen molar-refractivity contribution in [2.75, 3.05) is 54.9 Å². The Kier molecular flexibility index (Phi) is 5.38. The molecule has 0 spiro atoms. The van der Waals surface area contributed by atoms with E-state index in [2.05, 4.69) is 41.0 Å². The fourth-order valence-electron chi connectivity index (χ4n) is 4.74. The van der Waals surface area contributed by atoms with Crippen molar-refractivity contribution in [1.29, 1.82) is 0 Å². The Morgan fingerprint density at radius 2 is 1.74 bits per heavy atom. The van der Waals surface area contributed by atoms with Crippen LogP contribution >= 0.6 is 0 Å². The molecule has 0 amide bonds. The van der Waals surface area contributed by atoms with E-state index in [1.165, 1.54) is 0 Å². The molecule has 0 atom stereocenters. The predicted molar refractivity (Wildman–Crippen MR) is 129 cm³/mol. The first-order valence-electron chi connectivity index (χ1n) is 11.6. The smallest absolute Gasteiger partial charge is 0.228 e. The summed E-state index contributed by atoms with van der Waals surface area (Å²) in [5.41, 5.74) is 9.05. The number of H-pyrrole nitrogens is 1. The molecule has 174 valence electrons. The van der Waals surface area contributed by atoms with Crippen LogP contribution in [-0.2, 0) is 4.74 Å². The SMILES string of the molecule is Nc1ncc(-c2nc(N3CCOCC3)nc3n[nH]c(C4CCN(c5ccccn5)CC4)c23)cn1. The topological polar surface area (TPSA) is 135 Å². The summed E-state index contributed by atoms with van der Waals surface area (Å²) in [6.07, 6.45) is 7.24. The van der Waals surface area contributed by atoms with Gasteiger partial charge in [0.2, 0.25) is 11.9 Å². The fraction of sp³-hybridized carbons (Fsp3) is 0.391. The van der Waals surface area contributed by atoms with E-state index >= 15 is 0 Å². The minimum absolute atomic E-state index is 0.233. The van der Waals surface area contributed by atoms with Crippen molar-refractivity contribution in [1.82, 2.24) is 35.1 Å². The molecule has 3 N–H and O–H groups in total. The van der Waals surface area contributed by atoms with Crippen LogP contribution in [0.1, 0.15) is 24.5 Å². The van der Waals surface area contributed by atoms with Gasteiger partial charge < -0.3 is 20.3 Å². The lowest BCUT2D eigenvalue weighted by atomic mass is 9.91. The number of hydrogen-bond donors (Lipinski definition) is 2. The number of hydrogen-bond acceptors (Lipinski definition) is 10. The van der Waals surface area contributed by atoms with E-state index in [-0.39, 0.29) is 5.95 Å². The van der Waals surface area contributed by atoms with Gasteiger partial charge in [0.1, 0.15) is 5.82 Å². The van der Waals surface area contributed by atoms with E-state index in [1.54, 1.807) is 12.4 Å². The Morgan fingerprint density at radius 3 is 2.47 bits per heavy atom. The number of pyridine rings is 1. The zero-order valence-corrected chi connectivity index (χ0v) is 18.8. The highest BCUT2D eigenvalue weighted by molar-refractivity contribution is 5.93. The largest absolute Gasteiger partial charge is 0.378 e. The lowest BCUT2D eigenvalue weighted by Crippen LogP contribution is -2.37. The zero-order chi connectivity index (χ0) is 22.9. The van der Waals surface area contributed by atoms with Gasteiger partial charge in [-0.25, -0.2) is 19.9 Å². The lowest BCUT2D eigenvalue weighted by molar-refractivity contribution is 0.122. The minimum atomic E-state index is 0.233. The van der Waals surface area contributed by atoms with Crippen LogP contribution in [0.15, 0.2) is 36.8 Å². The molecule has 2 aliphatic rings. The maximum atomic E-state index is 5.75. The molecule has 0 unspecified atom stereocenters. The van der Waals surface area contributed by atoms with Crippen molar-refractivity contribution >= 4 is 28.7 Å². The van der Waals surface area contributed by atoms with Crippen LogP contribution in [0.25, 0.3) is 22.3 Å². The summed E-state index contributed by atoms with van der Waals surface area (Å²) in [6.45, 7) is 4.65. The quantitative estimate of drug-likeness (QED) is 0.467. The van der Waals surface area contributed by atoms with E-state index in [1.807, 2.05) is 18.3 Å². The third kappa shape index (κ3) is 3.87. The molecule has 2 fully saturated rings. The van der Waals surface area contributed by atoms with E-state index in [0.29, 0.717) is 30.7 Å². The number of aromatic amines is 1. The molecule has 0 aromatic carbocycles. The molecule has 6 heterocycles. The summed E-state index contributed by atoms with van der Waals surface area (Å²) in [5, 5.41) is 8.83. The Morgan fingerprint density at radius 1 is 0.941 bits per heavy atom.